The molecule has 0 aromatic carbocycles. The Bertz CT molecular complexity index is 263. The molecule has 0 radical (unpaired) electrons. The summed E-state index contributed by atoms with van der Waals surface area (Å²) in [4.78, 5) is 24.1. The number of carboxylic acid groups (broad SMARTS) is 1. The fourth-order valence-electron chi connectivity index (χ4n) is 1.83. The van der Waals surface area contributed by atoms with E-state index in [0.717, 1.165) is 12.8 Å². The Hall–Kier alpha value is -1.14. The predicted octanol–water partition coefficient (Wildman–Crippen LogP) is -0.0274. The Morgan fingerprint density at radius 1 is 1.53 bits per heavy atom. The summed E-state index contributed by atoms with van der Waals surface area (Å²) in [6.45, 7) is 1.44. The van der Waals surface area contributed by atoms with Crippen molar-refractivity contribution in [2.45, 2.75) is 12.8 Å². The van der Waals surface area contributed by atoms with E-state index in [4.69, 9.17) is 14.6 Å². The first kappa shape index (κ1) is 13.9. The van der Waals surface area contributed by atoms with Crippen molar-refractivity contribution in [2.24, 2.45) is 5.92 Å². The third kappa shape index (κ3) is 4.70. The highest BCUT2D eigenvalue weighted by Gasteiger charge is 2.27. The summed E-state index contributed by atoms with van der Waals surface area (Å²) in [7, 11) is 1.52. The molecule has 1 amide bonds. The zero-order chi connectivity index (χ0) is 12.7. The van der Waals surface area contributed by atoms with Crippen LogP contribution in [0.5, 0.6) is 0 Å². The minimum atomic E-state index is -1.01. The van der Waals surface area contributed by atoms with Gasteiger partial charge in [-0.15, -0.1) is 0 Å². The van der Waals surface area contributed by atoms with Gasteiger partial charge in [0.25, 0.3) is 0 Å². The van der Waals surface area contributed by atoms with Crippen LogP contribution in [-0.2, 0) is 19.1 Å². The van der Waals surface area contributed by atoms with E-state index in [-0.39, 0.29) is 18.4 Å². The molecule has 1 saturated heterocycles. The topological polar surface area (TPSA) is 76.1 Å². The number of nitrogens with zero attached hydrogens (tertiary/aromatic N) is 1. The average Bonchev–Trinajstić information content (AvgIpc) is 2.34. The van der Waals surface area contributed by atoms with E-state index >= 15 is 0 Å². The molecule has 1 fully saturated rings. The normalized spacial score (nSPS) is 19.9. The van der Waals surface area contributed by atoms with Gasteiger partial charge in [-0.1, -0.05) is 0 Å². The number of hydrogen-bond acceptors (Lipinski definition) is 4. The standard InChI is InChI=1S/C11H19NO5/c1-16-6-4-12(7-10(13)14)11(15)9-3-2-5-17-8-9/h9H,2-8H2,1H3,(H,13,14). The minimum absolute atomic E-state index is 0.149. The van der Waals surface area contributed by atoms with Crippen molar-refractivity contribution >= 4 is 11.9 Å². The zero-order valence-electron chi connectivity index (χ0n) is 10.1. The van der Waals surface area contributed by atoms with Gasteiger partial charge in [0.1, 0.15) is 6.54 Å². The van der Waals surface area contributed by atoms with Gasteiger partial charge in [0.05, 0.1) is 19.1 Å². The summed E-state index contributed by atoms with van der Waals surface area (Å²) < 4.78 is 10.1. The van der Waals surface area contributed by atoms with Gasteiger partial charge in [0, 0.05) is 20.3 Å². The summed E-state index contributed by atoms with van der Waals surface area (Å²) in [5, 5.41) is 8.76. The summed E-state index contributed by atoms with van der Waals surface area (Å²) >= 11 is 0. The summed E-state index contributed by atoms with van der Waals surface area (Å²) in [6.07, 6.45) is 1.61. The van der Waals surface area contributed by atoms with Crippen molar-refractivity contribution < 1.29 is 24.2 Å². The van der Waals surface area contributed by atoms with Crippen LogP contribution >= 0.6 is 0 Å². The van der Waals surface area contributed by atoms with E-state index in [2.05, 4.69) is 0 Å². The maximum Gasteiger partial charge on any atom is 0.323 e. The number of amides is 1. The largest absolute Gasteiger partial charge is 0.480 e. The number of hydrogen-bond donors (Lipinski definition) is 1. The van der Waals surface area contributed by atoms with Gasteiger partial charge < -0.3 is 19.5 Å². The maximum atomic E-state index is 12.1. The number of carbonyl (C=O) groups excluding carboxylic acids is 1. The van der Waals surface area contributed by atoms with Crippen LogP contribution in [0.3, 0.4) is 0 Å². The number of carboxylic acids is 1. The number of methoxy groups -OCH3 is 1. The molecule has 0 spiro atoms. The monoisotopic (exact) mass is 245 g/mol. The Balaban J connectivity index is 2.53. The van der Waals surface area contributed by atoms with Crippen molar-refractivity contribution in [3.05, 3.63) is 0 Å². The lowest BCUT2D eigenvalue weighted by Crippen LogP contribution is -2.43. The smallest absolute Gasteiger partial charge is 0.323 e. The fourth-order valence-corrected chi connectivity index (χ4v) is 1.83. The lowest BCUT2D eigenvalue weighted by atomic mass is 10.0. The summed E-state index contributed by atoms with van der Waals surface area (Å²) in [5.41, 5.74) is 0. The Morgan fingerprint density at radius 3 is 2.82 bits per heavy atom. The van der Waals surface area contributed by atoms with E-state index in [1.54, 1.807) is 0 Å². The number of rotatable bonds is 6. The molecule has 0 aromatic rings. The van der Waals surface area contributed by atoms with Gasteiger partial charge >= 0.3 is 5.97 Å². The van der Waals surface area contributed by atoms with E-state index in [1.165, 1.54) is 12.0 Å². The van der Waals surface area contributed by atoms with Gasteiger partial charge in [0.15, 0.2) is 0 Å². The van der Waals surface area contributed by atoms with Crippen LogP contribution in [0.2, 0.25) is 0 Å². The van der Waals surface area contributed by atoms with Crippen LogP contribution in [0, 0.1) is 5.92 Å². The van der Waals surface area contributed by atoms with Crippen LogP contribution in [0.4, 0.5) is 0 Å². The Kier molecular flexibility index (Phi) is 5.93. The first-order valence-electron chi connectivity index (χ1n) is 5.72. The first-order valence-corrected chi connectivity index (χ1v) is 5.72. The van der Waals surface area contributed by atoms with Crippen molar-refractivity contribution in [1.82, 2.24) is 4.90 Å². The second kappa shape index (κ2) is 7.24. The molecule has 6 heteroatoms. The highest BCUT2D eigenvalue weighted by Crippen LogP contribution is 2.16. The van der Waals surface area contributed by atoms with Crippen molar-refractivity contribution in [3.8, 4) is 0 Å². The molecule has 0 aliphatic carbocycles. The number of carbonyl (C=O) groups is 2. The summed E-state index contributed by atoms with van der Waals surface area (Å²) in [5.74, 6) is -1.37. The van der Waals surface area contributed by atoms with E-state index in [9.17, 15) is 9.59 Å². The van der Waals surface area contributed by atoms with Gasteiger partial charge in [-0.25, -0.2) is 0 Å². The second-order valence-corrected chi connectivity index (χ2v) is 4.06. The highest BCUT2D eigenvalue weighted by molar-refractivity contribution is 5.83. The van der Waals surface area contributed by atoms with Gasteiger partial charge in [-0.2, -0.15) is 0 Å². The van der Waals surface area contributed by atoms with Crippen LogP contribution in [0.1, 0.15) is 12.8 Å². The lowest BCUT2D eigenvalue weighted by Gasteiger charge is -2.28. The average molecular weight is 245 g/mol. The molecule has 98 valence electrons. The molecule has 1 aliphatic rings. The van der Waals surface area contributed by atoms with Gasteiger partial charge in [-0.05, 0) is 12.8 Å². The number of aliphatic carboxylic acids is 1. The van der Waals surface area contributed by atoms with E-state index in [1.807, 2.05) is 0 Å². The molecule has 1 rings (SSSR count). The van der Waals surface area contributed by atoms with Crippen LogP contribution in [-0.4, -0.2) is 61.9 Å². The Labute approximate surface area is 100 Å². The maximum absolute atomic E-state index is 12.1. The van der Waals surface area contributed by atoms with Crippen LogP contribution in [0.15, 0.2) is 0 Å². The fraction of sp³-hybridized carbons (Fsp3) is 0.818. The molecule has 0 bridgehead atoms. The molecule has 1 unspecified atom stereocenters. The van der Waals surface area contributed by atoms with Gasteiger partial charge in [-0.3, -0.25) is 9.59 Å². The third-order valence-corrected chi connectivity index (χ3v) is 2.71. The molecule has 1 aliphatic heterocycles. The highest BCUT2D eigenvalue weighted by atomic mass is 16.5. The van der Waals surface area contributed by atoms with Crippen LogP contribution < -0.4 is 0 Å². The molecule has 1 heterocycles. The van der Waals surface area contributed by atoms with Gasteiger partial charge in [0.2, 0.25) is 5.91 Å². The molecular formula is C11H19NO5. The number of ether oxygens (including phenoxy) is 2. The third-order valence-electron chi connectivity index (χ3n) is 2.71. The lowest BCUT2D eigenvalue weighted by molar-refractivity contribution is -0.149. The molecule has 17 heavy (non-hydrogen) atoms. The SMILES string of the molecule is COCCN(CC(=O)O)C(=O)C1CCCOC1. The van der Waals surface area contributed by atoms with E-state index in [0.29, 0.717) is 26.4 Å². The molecule has 1 N–H and O–H groups in total. The molecule has 0 saturated carbocycles. The minimum Gasteiger partial charge on any atom is -0.480 e. The molecule has 6 nitrogen and oxygen atoms in total. The predicted molar refractivity (Wildman–Crippen MR) is 59.6 cm³/mol. The zero-order valence-corrected chi connectivity index (χ0v) is 10.1. The summed E-state index contributed by atoms with van der Waals surface area (Å²) in [6, 6.07) is 0. The van der Waals surface area contributed by atoms with Crippen molar-refractivity contribution in [1.29, 1.82) is 0 Å². The Morgan fingerprint density at radius 2 is 2.29 bits per heavy atom. The van der Waals surface area contributed by atoms with E-state index < -0.39 is 5.97 Å². The van der Waals surface area contributed by atoms with Crippen LogP contribution in [0.25, 0.3) is 0 Å². The molecule has 1 atom stereocenters. The molecule has 0 aromatic heterocycles. The second-order valence-electron chi connectivity index (χ2n) is 4.06. The quantitative estimate of drug-likeness (QED) is 0.711. The van der Waals surface area contributed by atoms with Crippen molar-refractivity contribution in [2.75, 3.05) is 40.0 Å². The molecular weight excluding hydrogens is 226 g/mol. The van der Waals surface area contributed by atoms with Crippen molar-refractivity contribution in [3.63, 3.8) is 0 Å². The first-order chi connectivity index (χ1) is 8.15.